The summed E-state index contributed by atoms with van der Waals surface area (Å²) in [6, 6.07) is 42.0. The van der Waals surface area contributed by atoms with Crippen LogP contribution >= 0.6 is 11.8 Å². The number of thioether (sulfide) groups is 1. The zero-order chi connectivity index (χ0) is 30.4. The maximum atomic E-state index is 2.47. The van der Waals surface area contributed by atoms with E-state index in [0.717, 1.165) is 25.7 Å². The number of hydrogen-bond donors (Lipinski definition) is 0. The molecule has 0 spiro atoms. The van der Waals surface area contributed by atoms with E-state index in [1.54, 1.807) is 0 Å². The van der Waals surface area contributed by atoms with E-state index >= 15 is 0 Å². The van der Waals surface area contributed by atoms with E-state index in [2.05, 4.69) is 149 Å². The van der Waals surface area contributed by atoms with Crippen molar-refractivity contribution in [2.75, 3.05) is 0 Å². The van der Waals surface area contributed by atoms with E-state index in [-0.39, 0.29) is 9.49 Å². The minimum atomic E-state index is -0.178. The number of benzene rings is 4. The fourth-order valence-corrected chi connectivity index (χ4v) is 8.98. The summed E-state index contributed by atoms with van der Waals surface area (Å²) in [4.78, 5) is 0. The monoisotopic (exact) mass is 590 g/mol. The van der Waals surface area contributed by atoms with Gasteiger partial charge >= 0.3 is 0 Å². The molecule has 0 saturated carbocycles. The largest absolute Gasteiger partial charge is 0.129 e. The maximum Gasteiger partial charge on any atom is 0.0671 e. The van der Waals surface area contributed by atoms with Gasteiger partial charge in [0, 0.05) is 0 Å². The van der Waals surface area contributed by atoms with Crippen molar-refractivity contribution in [1.82, 2.24) is 0 Å². The molecule has 4 rings (SSSR count). The van der Waals surface area contributed by atoms with Gasteiger partial charge in [-0.25, -0.2) is 0 Å². The molecule has 228 valence electrons. The Bertz CT molecular complexity index is 1240. The van der Waals surface area contributed by atoms with Crippen LogP contribution in [-0.4, -0.2) is 0 Å². The molecule has 2 unspecified atom stereocenters. The Hall–Kier alpha value is -2.77. The van der Waals surface area contributed by atoms with Gasteiger partial charge in [0.2, 0.25) is 0 Å². The molecule has 0 amide bonds. The third kappa shape index (κ3) is 7.85. The van der Waals surface area contributed by atoms with Gasteiger partial charge < -0.3 is 0 Å². The highest BCUT2D eigenvalue weighted by molar-refractivity contribution is 8.01. The summed E-state index contributed by atoms with van der Waals surface area (Å²) in [6.45, 7) is 9.34. The number of rotatable bonds is 18. The maximum absolute atomic E-state index is 2.47. The van der Waals surface area contributed by atoms with Crippen LogP contribution in [-0.2, 0) is 22.3 Å². The van der Waals surface area contributed by atoms with Gasteiger partial charge in [0.05, 0.1) is 9.49 Å². The second-order valence-electron chi connectivity index (χ2n) is 12.2. The van der Waals surface area contributed by atoms with Crippen LogP contribution in [0, 0.1) is 0 Å². The first-order valence-corrected chi connectivity index (χ1v) is 17.9. The van der Waals surface area contributed by atoms with E-state index in [4.69, 9.17) is 0 Å². The van der Waals surface area contributed by atoms with Crippen LogP contribution in [0.2, 0.25) is 0 Å². The lowest BCUT2D eigenvalue weighted by Crippen LogP contribution is -2.36. The summed E-state index contributed by atoms with van der Waals surface area (Å²) in [5, 5.41) is 0. The molecule has 4 aromatic carbocycles. The Labute approximate surface area is 267 Å². The first-order chi connectivity index (χ1) is 21.1. The average Bonchev–Trinajstić information content (AvgIpc) is 3.07. The van der Waals surface area contributed by atoms with Crippen LogP contribution in [0.25, 0.3) is 0 Å². The van der Waals surface area contributed by atoms with Crippen LogP contribution in [0.3, 0.4) is 0 Å². The Balaban J connectivity index is 2.09. The van der Waals surface area contributed by atoms with Crippen LogP contribution < -0.4 is 0 Å². The summed E-state index contributed by atoms with van der Waals surface area (Å²) < 4.78 is -0.355. The summed E-state index contributed by atoms with van der Waals surface area (Å²) in [5.74, 6) is 0. The van der Waals surface area contributed by atoms with Crippen molar-refractivity contribution in [2.24, 2.45) is 0 Å². The minimum Gasteiger partial charge on any atom is -0.129 e. The predicted molar refractivity (Wildman–Crippen MR) is 191 cm³/mol. The van der Waals surface area contributed by atoms with Crippen LogP contribution in [0.5, 0.6) is 0 Å². The molecule has 0 aliphatic rings. The zero-order valence-corrected chi connectivity index (χ0v) is 28.1. The normalized spacial score (nSPS) is 14.2. The second-order valence-corrected chi connectivity index (χ2v) is 13.8. The van der Waals surface area contributed by atoms with E-state index in [0.29, 0.717) is 0 Å². The van der Waals surface area contributed by atoms with Crippen molar-refractivity contribution in [1.29, 1.82) is 0 Å². The lowest BCUT2D eigenvalue weighted by molar-refractivity contribution is 0.563. The Morgan fingerprint density at radius 3 is 1.14 bits per heavy atom. The fourth-order valence-electron chi connectivity index (χ4n) is 6.76. The molecular weight excluding hydrogens is 537 g/mol. The van der Waals surface area contributed by atoms with Gasteiger partial charge in [0.25, 0.3) is 0 Å². The van der Waals surface area contributed by atoms with Crippen LogP contribution in [0.15, 0.2) is 109 Å². The highest BCUT2D eigenvalue weighted by Gasteiger charge is 2.47. The van der Waals surface area contributed by atoms with Gasteiger partial charge in [-0.1, -0.05) is 175 Å². The van der Waals surface area contributed by atoms with Gasteiger partial charge in [-0.05, 0) is 71.9 Å². The van der Waals surface area contributed by atoms with Crippen molar-refractivity contribution in [3.8, 4) is 0 Å². The summed E-state index contributed by atoms with van der Waals surface area (Å²) in [5.41, 5.74) is 8.98. The van der Waals surface area contributed by atoms with E-state index in [9.17, 15) is 0 Å². The minimum absolute atomic E-state index is 0.178. The SMILES string of the molecule is CCCCc1ccccc1C(CCCC)(SC(CCCC)(c1ccccc1)c1ccccc1CCCC)c1ccccc1. The summed E-state index contributed by atoms with van der Waals surface area (Å²) in [7, 11) is 0. The lowest BCUT2D eigenvalue weighted by Gasteiger charge is -2.46. The van der Waals surface area contributed by atoms with Crippen molar-refractivity contribution in [2.45, 2.75) is 114 Å². The van der Waals surface area contributed by atoms with Crippen molar-refractivity contribution < 1.29 is 0 Å². The van der Waals surface area contributed by atoms with Gasteiger partial charge in [0.15, 0.2) is 0 Å². The average molecular weight is 591 g/mol. The molecule has 0 aromatic heterocycles. The number of aryl methyl sites for hydroxylation is 2. The predicted octanol–water partition coefficient (Wildman–Crippen LogP) is 12.7. The van der Waals surface area contributed by atoms with Gasteiger partial charge in [0.1, 0.15) is 0 Å². The Morgan fingerprint density at radius 1 is 0.419 bits per heavy atom. The van der Waals surface area contributed by atoms with E-state index in [1.807, 2.05) is 0 Å². The molecule has 1 heteroatoms. The highest BCUT2D eigenvalue weighted by Crippen LogP contribution is 2.60. The molecule has 0 radical (unpaired) electrons. The summed E-state index contributed by atoms with van der Waals surface area (Å²) >= 11 is 2.27. The van der Waals surface area contributed by atoms with Gasteiger partial charge in [-0.15, -0.1) is 11.8 Å². The zero-order valence-electron chi connectivity index (χ0n) is 27.3. The van der Waals surface area contributed by atoms with E-state index in [1.165, 1.54) is 84.7 Å². The molecule has 0 bridgehead atoms. The third-order valence-electron chi connectivity index (χ3n) is 9.10. The summed E-state index contributed by atoms with van der Waals surface area (Å²) in [6.07, 6.45) is 14.1. The molecular formula is C42H54S. The second kappa shape index (κ2) is 16.9. The number of unbranched alkanes of at least 4 members (excludes halogenated alkanes) is 4. The van der Waals surface area contributed by atoms with E-state index < -0.39 is 0 Å². The fraction of sp³-hybridized carbons (Fsp3) is 0.429. The highest BCUT2D eigenvalue weighted by atomic mass is 32.2. The van der Waals surface area contributed by atoms with Crippen LogP contribution in [0.1, 0.15) is 125 Å². The smallest absolute Gasteiger partial charge is 0.0671 e. The molecule has 0 heterocycles. The quantitative estimate of drug-likeness (QED) is 0.111. The van der Waals surface area contributed by atoms with Crippen molar-refractivity contribution in [3.63, 3.8) is 0 Å². The molecule has 0 aliphatic heterocycles. The number of hydrogen-bond acceptors (Lipinski definition) is 1. The van der Waals surface area contributed by atoms with Crippen molar-refractivity contribution in [3.05, 3.63) is 143 Å². The van der Waals surface area contributed by atoms with Gasteiger partial charge in [-0.3, -0.25) is 0 Å². The lowest BCUT2D eigenvalue weighted by atomic mass is 9.81. The molecule has 2 atom stereocenters. The molecule has 43 heavy (non-hydrogen) atoms. The molecule has 0 saturated heterocycles. The molecule has 0 N–H and O–H groups in total. The first-order valence-electron chi connectivity index (χ1n) is 17.1. The van der Waals surface area contributed by atoms with Crippen molar-refractivity contribution >= 4 is 11.8 Å². The van der Waals surface area contributed by atoms with Crippen LogP contribution in [0.4, 0.5) is 0 Å². The molecule has 0 aliphatic carbocycles. The molecule has 4 aromatic rings. The van der Waals surface area contributed by atoms with Gasteiger partial charge in [-0.2, -0.15) is 0 Å². The first kappa shape index (κ1) is 33.1. The topological polar surface area (TPSA) is 0 Å². The Morgan fingerprint density at radius 2 is 0.767 bits per heavy atom. The standard InChI is InChI=1S/C42H54S/c1-5-9-23-35-25-19-21-31-39(35)41(33-11-7-3,37-27-15-13-16-28-37)43-42(34-12-8-4,38-29-17-14-18-30-38)40-32-22-20-26-36(40)24-10-6-2/h13-22,25-32H,5-12,23-24,33-34H2,1-4H3. The Kier molecular flexibility index (Phi) is 13.0. The third-order valence-corrected chi connectivity index (χ3v) is 11.1. The molecule has 0 fully saturated rings. The molecule has 0 nitrogen and oxygen atoms in total.